The van der Waals surface area contributed by atoms with Gasteiger partial charge in [0.05, 0.1) is 11.3 Å². The van der Waals surface area contributed by atoms with Crippen molar-refractivity contribution < 1.29 is 0 Å². The van der Waals surface area contributed by atoms with Crippen LogP contribution in [0.5, 0.6) is 0 Å². The SMILES string of the molecule is CC(C)CCN(C)c1ccc(CNCC(C)C)cc1C#N. The number of nitrogens with one attached hydrogen (secondary N) is 1. The van der Waals surface area contributed by atoms with Gasteiger partial charge in [-0.25, -0.2) is 0 Å². The lowest BCUT2D eigenvalue weighted by atomic mass is 10.1. The molecule has 0 aliphatic heterocycles. The van der Waals surface area contributed by atoms with E-state index in [0.29, 0.717) is 11.8 Å². The van der Waals surface area contributed by atoms with Gasteiger partial charge in [-0.2, -0.15) is 5.26 Å². The number of benzene rings is 1. The van der Waals surface area contributed by atoms with E-state index in [0.717, 1.165) is 37.3 Å². The first kappa shape index (κ1) is 17.5. The normalized spacial score (nSPS) is 11.0. The number of anilines is 1. The van der Waals surface area contributed by atoms with Crippen molar-refractivity contribution in [3.63, 3.8) is 0 Å². The van der Waals surface area contributed by atoms with Crippen LogP contribution in [0.3, 0.4) is 0 Å². The fraction of sp³-hybridized carbons (Fsp3) is 0.611. The van der Waals surface area contributed by atoms with E-state index < -0.39 is 0 Å². The molecule has 0 aromatic heterocycles. The molecule has 1 aromatic rings. The Kier molecular flexibility index (Phi) is 7.25. The van der Waals surface area contributed by atoms with Crippen LogP contribution in [0.4, 0.5) is 5.69 Å². The summed E-state index contributed by atoms with van der Waals surface area (Å²) >= 11 is 0. The number of nitrogens with zero attached hydrogens (tertiary/aromatic N) is 2. The van der Waals surface area contributed by atoms with Crippen molar-refractivity contribution in [2.45, 2.75) is 40.7 Å². The molecule has 0 aliphatic rings. The fourth-order valence-electron chi connectivity index (χ4n) is 2.19. The van der Waals surface area contributed by atoms with E-state index in [4.69, 9.17) is 0 Å². The summed E-state index contributed by atoms with van der Waals surface area (Å²) < 4.78 is 0. The molecule has 0 saturated carbocycles. The smallest absolute Gasteiger partial charge is 0.101 e. The molecule has 0 unspecified atom stereocenters. The molecule has 0 spiro atoms. The summed E-state index contributed by atoms with van der Waals surface area (Å²) in [5, 5.41) is 12.8. The van der Waals surface area contributed by atoms with Crippen molar-refractivity contribution in [1.82, 2.24) is 5.32 Å². The minimum Gasteiger partial charge on any atom is -0.374 e. The van der Waals surface area contributed by atoms with E-state index in [1.54, 1.807) is 0 Å². The lowest BCUT2D eigenvalue weighted by Gasteiger charge is -2.22. The molecule has 1 aromatic carbocycles. The van der Waals surface area contributed by atoms with E-state index in [-0.39, 0.29) is 0 Å². The average Bonchev–Trinajstić information content (AvgIpc) is 2.44. The highest BCUT2D eigenvalue weighted by molar-refractivity contribution is 5.60. The van der Waals surface area contributed by atoms with Crippen LogP contribution in [0, 0.1) is 23.2 Å². The highest BCUT2D eigenvalue weighted by Gasteiger charge is 2.09. The Labute approximate surface area is 130 Å². The van der Waals surface area contributed by atoms with Crippen LogP contribution in [0.1, 0.15) is 45.2 Å². The summed E-state index contributed by atoms with van der Waals surface area (Å²) in [6.45, 7) is 11.6. The molecule has 21 heavy (non-hydrogen) atoms. The van der Waals surface area contributed by atoms with E-state index >= 15 is 0 Å². The molecule has 0 atom stereocenters. The third-order valence-electron chi connectivity index (χ3n) is 3.52. The molecule has 116 valence electrons. The van der Waals surface area contributed by atoms with Crippen molar-refractivity contribution in [3.8, 4) is 6.07 Å². The van der Waals surface area contributed by atoms with Crippen LogP contribution in [-0.2, 0) is 6.54 Å². The second-order valence-electron chi connectivity index (χ2n) is 6.59. The summed E-state index contributed by atoms with van der Waals surface area (Å²) in [4.78, 5) is 2.18. The van der Waals surface area contributed by atoms with Crippen molar-refractivity contribution in [1.29, 1.82) is 5.26 Å². The Morgan fingerprint density at radius 1 is 1.19 bits per heavy atom. The Bertz CT molecular complexity index is 472. The molecule has 0 saturated heterocycles. The molecular weight excluding hydrogens is 258 g/mol. The zero-order chi connectivity index (χ0) is 15.8. The first-order chi connectivity index (χ1) is 9.93. The molecule has 0 fully saturated rings. The van der Waals surface area contributed by atoms with Crippen LogP contribution < -0.4 is 10.2 Å². The Balaban J connectivity index is 2.72. The third kappa shape index (κ3) is 6.18. The first-order valence-electron chi connectivity index (χ1n) is 7.89. The number of hydrogen-bond acceptors (Lipinski definition) is 3. The molecule has 3 heteroatoms. The topological polar surface area (TPSA) is 39.1 Å². The second kappa shape index (κ2) is 8.69. The van der Waals surface area contributed by atoms with Gasteiger partial charge in [-0.05, 0) is 42.5 Å². The first-order valence-corrected chi connectivity index (χ1v) is 7.89. The van der Waals surface area contributed by atoms with Gasteiger partial charge in [-0.3, -0.25) is 0 Å². The van der Waals surface area contributed by atoms with Gasteiger partial charge >= 0.3 is 0 Å². The second-order valence-corrected chi connectivity index (χ2v) is 6.59. The fourth-order valence-corrected chi connectivity index (χ4v) is 2.19. The summed E-state index contributed by atoms with van der Waals surface area (Å²) in [5.74, 6) is 1.32. The van der Waals surface area contributed by atoms with Gasteiger partial charge in [-0.15, -0.1) is 0 Å². The van der Waals surface area contributed by atoms with Gasteiger partial charge < -0.3 is 10.2 Å². The standard InChI is InChI=1S/C18H29N3/c1-14(2)8-9-21(5)18-7-6-16(10-17(18)11-19)13-20-12-15(3)4/h6-7,10,14-15,20H,8-9,12-13H2,1-5H3. The van der Waals surface area contributed by atoms with E-state index in [1.807, 2.05) is 6.07 Å². The average molecular weight is 287 g/mol. The molecule has 1 rings (SSSR count). The van der Waals surface area contributed by atoms with E-state index in [2.05, 4.69) is 63.2 Å². The van der Waals surface area contributed by atoms with Gasteiger partial charge in [0, 0.05) is 20.1 Å². The predicted molar refractivity (Wildman–Crippen MR) is 90.4 cm³/mol. The van der Waals surface area contributed by atoms with Gasteiger partial charge in [0.25, 0.3) is 0 Å². The number of rotatable bonds is 8. The molecule has 0 amide bonds. The van der Waals surface area contributed by atoms with Gasteiger partial charge in [0.1, 0.15) is 6.07 Å². The Morgan fingerprint density at radius 2 is 1.90 bits per heavy atom. The lowest BCUT2D eigenvalue weighted by molar-refractivity contribution is 0.552. The summed E-state index contributed by atoms with van der Waals surface area (Å²) in [5.41, 5.74) is 2.98. The highest BCUT2D eigenvalue weighted by Crippen LogP contribution is 2.21. The monoisotopic (exact) mass is 287 g/mol. The maximum atomic E-state index is 9.39. The minimum absolute atomic E-state index is 0.641. The van der Waals surface area contributed by atoms with Crippen molar-refractivity contribution in [2.24, 2.45) is 11.8 Å². The van der Waals surface area contributed by atoms with Crippen molar-refractivity contribution >= 4 is 5.69 Å². The van der Waals surface area contributed by atoms with Crippen LogP contribution in [-0.4, -0.2) is 20.1 Å². The zero-order valence-corrected chi connectivity index (χ0v) is 14.1. The Morgan fingerprint density at radius 3 is 2.48 bits per heavy atom. The van der Waals surface area contributed by atoms with Gasteiger partial charge in [-0.1, -0.05) is 33.8 Å². The molecule has 0 heterocycles. The summed E-state index contributed by atoms with van der Waals surface area (Å²) in [6, 6.07) is 8.54. The van der Waals surface area contributed by atoms with E-state index in [1.165, 1.54) is 5.56 Å². The van der Waals surface area contributed by atoms with Gasteiger partial charge in [0.2, 0.25) is 0 Å². The van der Waals surface area contributed by atoms with Gasteiger partial charge in [0.15, 0.2) is 0 Å². The summed E-state index contributed by atoms with van der Waals surface area (Å²) in [6.07, 6.45) is 1.14. The number of hydrogen-bond donors (Lipinski definition) is 1. The molecule has 0 aliphatic carbocycles. The van der Waals surface area contributed by atoms with Crippen LogP contribution in [0.2, 0.25) is 0 Å². The minimum atomic E-state index is 0.641. The predicted octanol–water partition coefficient (Wildman–Crippen LogP) is 3.79. The molecule has 3 nitrogen and oxygen atoms in total. The highest BCUT2D eigenvalue weighted by atomic mass is 15.1. The van der Waals surface area contributed by atoms with Crippen molar-refractivity contribution in [2.75, 3.05) is 25.0 Å². The maximum absolute atomic E-state index is 9.39. The Hall–Kier alpha value is -1.53. The molecule has 1 N–H and O–H groups in total. The van der Waals surface area contributed by atoms with Crippen LogP contribution in [0.25, 0.3) is 0 Å². The number of nitriles is 1. The van der Waals surface area contributed by atoms with Crippen LogP contribution in [0.15, 0.2) is 18.2 Å². The quantitative estimate of drug-likeness (QED) is 0.790. The lowest BCUT2D eigenvalue weighted by Crippen LogP contribution is -2.21. The van der Waals surface area contributed by atoms with Crippen molar-refractivity contribution in [3.05, 3.63) is 29.3 Å². The maximum Gasteiger partial charge on any atom is 0.101 e. The zero-order valence-electron chi connectivity index (χ0n) is 14.1. The molecule has 0 bridgehead atoms. The summed E-state index contributed by atoms with van der Waals surface area (Å²) in [7, 11) is 2.06. The van der Waals surface area contributed by atoms with Crippen LogP contribution >= 0.6 is 0 Å². The largest absolute Gasteiger partial charge is 0.374 e. The molecular formula is C18H29N3. The van der Waals surface area contributed by atoms with E-state index in [9.17, 15) is 5.26 Å². The third-order valence-corrected chi connectivity index (χ3v) is 3.52. The molecule has 0 radical (unpaired) electrons.